The maximum Gasteiger partial charge on any atom is 0.221 e. The second kappa shape index (κ2) is 7.45. The van der Waals surface area contributed by atoms with Crippen molar-refractivity contribution in [1.29, 1.82) is 0 Å². The second-order valence-corrected chi connectivity index (χ2v) is 4.41. The molecule has 0 aliphatic carbocycles. The minimum Gasteiger partial charge on any atom is -0.468 e. The van der Waals surface area contributed by atoms with E-state index in [9.17, 15) is 9.18 Å². The van der Waals surface area contributed by atoms with Gasteiger partial charge in [-0.15, -0.1) is 0 Å². The highest BCUT2D eigenvalue weighted by Gasteiger charge is 2.02. The Bertz CT molecular complexity index is 523. The van der Waals surface area contributed by atoms with Crippen LogP contribution in [0, 0.1) is 5.82 Å². The highest BCUT2D eigenvalue weighted by Crippen LogP contribution is 2.02. The molecule has 0 fully saturated rings. The number of rotatable bonds is 7. The third-order valence-electron chi connectivity index (χ3n) is 2.81. The van der Waals surface area contributed by atoms with Crippen LogP contribution >= 0.6 is 0 Å². The number of furan rings is 1. The van der Waals surface area contributed by atoms with E-state index in [1.54, 1.807) is 18.4 Å². The normalized spacial score (nSPS) is 10.4. The molecule has 106 valence electrons. The van der Waals surface area contributed by atoms with E-state index < -0.39 is 0 Å². The predicted molar refractivity (Wildman–Crippen MR) is 73.3 cm³/mol. The molecule has 0 saturated carbocycles. The Hall–Kier alpha value is -2.14. The molecule has 0 aliphatic rings. The van der Waals surface area contributed by atoms with E-state index in [4.69, 9.17) is 4.42 Å². The van der Waals surface area contributed by atoms with Crippen molar-refractivity contribution in [3.05, 3.63) is 59.8 Å². The molecular formula is C15H17FN2O2. The maximum atomic E-state index is 12.7. The Morgan fingerprint density at radius 2 is 1.95 bits per heavy atom. The number of benzene rings is 1. The van der Waals surface area contributed by atoms with Crippen molar-refractivity contribution in [3.8, 4) is 0 Å². The molecule has 1 aromatic heterocycles. The Morgan fingerprint density at radius 1 is 1.15 bits per heavy atom. The molecule has 2 rings (SSSR count). The van der Waals surface area contributed by atoms with Crippen LogP contribution in [0.3, 0.4) is 0 Å². The first kappa shape index (κ1) is 14.3. The van der Waals surface area contributed by atoms with Gasteiger partial charge in [-0.25, -0.2) is 4.39 Å². The zero-order valence-corrected chi connectivity index (χ0v) is 11.1. The largest absolute Gasteiger partial charge is 0.468 e. The fraction of sp³-hybridized carbons (Fsp3) is 0.267. The molecule has 0 spiro atoms. The Labute approximate surface area is 117 Å². The molecular weight excluding hydrogens is 259 g/mol. The molecule has 1 aromatic carbocycles. The molecule has 2 aromatic rings. The molecule has 0 radical (unpaired) electrons. The molecule has 2 N–H and O–H groups in total. The molecule has 4 nitrogen and oxygen atoms in total. The second-order valence-electron chi connectivity index (χ2n) is 4.41. The number of carbonyl (C=O) groups is 1. The average molecular weight is 276 g/mol. The summed E-state index contributed by atoms with van der Waals surface area (Å²) in [5, 5.41) is 5.91. The van der Waals surface area contributed by atoms with Gasteiger partial charge in [-0.05, 0) is 29.8 Å². The highest BCUT2D eigenvalue weighted by atomic mass is 19.1. The Balaban J connectivity index is 1.59. The average Bonchev–Trinajstić information content (AvgIpc) is 2.96. The number of amides is 1. The number of hydrogen-bond acceptors (Lipinski definition) is 3. The molecule has 0 saturated heterocycles. The lowest BCUT2D eigenvalue weighted by Gasteiger charge is -2.06. The number of carbonyl (C=O) groups excluding carboxylic acids is 1. The number of hydrogen-bond donors (Lipinski definition) is 2. The van der Waals surface area contributed by atoms with Gasteiger partial charge in [0.15, 0.2) is 0 Å². The summed E-state index contributed by atoms with van der Waals surface area (Å²) in [6, 6.07) is 9.78. The predicted octanol–water partition coefficient (Wildman–Crippen LogP) is 2.21. The number of halogens is 1. The smallest absolute Gasteiger partial charge is 0.221 e. The van der Waals surface area contributed by atoms with Crippen molar-refractivity contribution in [1.82, 2.24) is 10.6 Å². The molecule has 5 heteroatoms. The van der Waals surface area contributed by atoms with Gasteiger partial charge in [0, 0.05) is 19.5 Å². The lowest BCUT2D eigenvalue weighted by molar-refractivity contribution is -0.121. The third-order valence-corrected chi connectivity index (χ3v) is 2.81. The van der Waals surface area contributed by atoms with Gasteiger partial charge in [0.1, 0.15) is 11.6 Å². The van der Waals surface area contributed by atoms with Crippen LogP contribution in [0.1, 0.15) is 17.7 Å². The van der Waals surface area contributed by atoms with Crippen molar-refractivity contribution < 1.29 is 13.6 Å². The SMILES string of the molecule is O=C(CCNCc1ccco1)NCc1ccc(F)cc1. The summed E-state index contributed by atoms with van der Waals surface area (Å²) in [6.45, 7) is 1.60. The summed E-state index contributed by atoms with van der Waals surface area (Å²) in [5.74, 6) is 0.528. The van der Waals surface area contributed by atoms with Crippen molar-refractivity contribution in [3.63, 3.8) is 0 Å². The topological polar surface area (TPSA) is 54.3 Å². The maximum absolute atomic E-state index is 12.7. The van der Waals surface area contributed by atoms with E-state index in [0.717, 1.165) is 11.3 Å². The zero-order valence-electron chi connectivity index (χ0n) is 11.1. The van der Waals surface area contributed by atoms with Crippen LogP contribution in [-0.4, -0.2) is 12.5 Å². The monoisotopic (exact) mass is 276 g/mol. The minimum absolute atomic E-state index is 0.0405. The summed E-state index contributed by atoms with van der Waals surface area (Å²) in [6.07, 6.45) is 2.01. The summed E-state index contributed by atoms with van der Waals surface area (Å²) < 4.78 is 17.9. The van der Waals surface area contributed by atoms with Crippen LogP contribution in [0.4, 0.5) is 4.39 Å². The van der Waals surface area contributed by atoms with Crippen LogP contribution in [-0.2, 0) is 17.9 Å². The van der Waals surface area contributed by atoms with Crippen LogP contribution in [0.2, 0.25) is 0 Å². The Morgan fingerprint density at radius 3 is 2.65 bits per heavy atom. The summed E-state index contributed by atoms with van der Waals surface area (Å²) in [4.78, 5) is 11.6. The van der Waals surface area contributed by atoms with Crippen LogP contribution < -0.4 is 10.6 Å². The first-order valence-electron chi connectivity index (χ1n) is 6.48. The van der Waals surface area contributed by atoms with Crippen molar-refractivity contribution in [2.45, 2.75) is 19.5 Å². The van der Waals surface area contributed by atoms with Crippen molar-refractivity contribution in [2.24, 2.45) is 0 Å². The van der Waals surface area contributed by atoms with Gasteiger partial charge in [0.25, 0.3) is 0 Å². The van der Waals surface area contributed by atoms with Crippen LogP contribution in [0.15, 0.2) is 47.1 Å². The summed E-state index contributed by atoms with van der Waals surface area (Å²) >= 11 is 0. The number of nitrogens with one attached hydrogen (secondary N) is 2. The van der Waals surface area contributed by atoms with Gasteiger partial charge < -0.3 is 15.1 Å². The molecule has 1 heterocycles. The first-order valence-corrected chi connectivity index (χ1v) is 6.48. The van der Waals surface area contributed by atoms with E-state index in [0.29, 0.717) is 26.1 Å². The van der Waals surface area contributed by atoms with Gasteiger partial charge in [-0.1, -0.05) is 12.1 Å². The van der Waals surface area contributed by atoms with Gasteiger partial charge >= 0.3 is 0 Å². The molecule has 20 heavy (non-hydrogen) atoms. The van der Waals surface area contributed by atoms with Crippen LogP contribution in [0.25, 0.3) is 0 Å². The van der Waals surface area contributed by atoms with Crippen molar-refractivity contribution in [2.75, 3.05) is 6.54 Å². The molecule has 0 unspecified atom stereocenters. The van der Waals surface area contributed by atoms with Gasteiger partial charge in [0.05, 0.1) is 12.8 Å². The van der Waals surface area contributed by atoms with E-state index in [2.05, 4.69) is 10.6 Å². The summed E-state index contributed by atoms with van der Waals surface area (Å²) in [7, 11) is 0. The van der Waals surface area contributed by atoms with E-state index in [1.807, 2.05) is 12.1 Å². The lowest BCUT2D eigenvalue weighted by Crippen LogP contribution is -2.27. The highest BCUT2D eigenvalue weighted by molar-refractivity contribution is 5.76. The Kier molecular flexibility index (Phi) is 5.32. The summed E-state index contributed by atoms with van der Waals surface area (Å²) in [5.41, 5.74) is 0.878. The fourth-order valence-electron chi connectivity index (χ4n) is 1.72. The minimum atomic E-state index is -0.276. The van der Waals surface area contributed by atoms with Gasteiger partial charge in [0.2, 0.25) is 5.91 Å². The lowest BCUT2D eigenvalue weighted by atomic mass is 10.2. The molecule has 1 amide bonds. The van der Waals surface area contributed by atoms with Gasteiger partial charge in [-0.3, -0.25) is 4.79 Å². The quantitative estimate of drug-likeness (QED) is 0.762. The van der Waals surface area contributed by atoms with Crippen LogP contribution in [0.5, 0.6) is 0 Å². The van der Waals surface area contributed by atoms with E-state index >= 15 is 0 Å². The van der Waals surface area contributed by atoms with Crippen molar-refractivity contribution >= 4 is 5.91 Å². The molecule has 0 bridgehead atoms. The zero-order chi connectivity index (χ0) is 14.2. The van der Waals surface area contributed by atoms with Gasteiger partial charge in [-0.2, -0.15) is 0 Å². The van der Waals surface area contributed by atoms with E-state index in [1.165, 1.54) is 12.1 Å². The molecule has 0 aliphatic heterocycles. The fourth-order valence-corrected chi connectivity index (χ4v) is 1.72. The molecule has 0 atom stereocenters. The third kappa shape index (κ3) is 4.85. The standard InChI is InChI=1S/C15H17FN2O2/c16-13-5-3-12(4-6-13)10-18-15(19)7-8-17-11-14-2-1-9-20-14/h1-6,9,17H,7-8,10-11H2,(H,18,19). The first-order chi connectivity index (χ1) is 9.74. The van der Waals surface area contributed by atoms with E-state index in [-0.39, 0.29) is 11.7 Å².